The molecule has 0 aliphatic rings. The Hall–Kier alpha value is -1.54. The topological polar surface area (TPSA) is 87.5 Å². The molecule has 0 spiro atoms. The van der Waals surface area contributed by atoms with Crippen molar-refractivity contribution in [3.63, 3.8) is 0 Å². The van der Waals surface area contributed by atoms with Crippen LogP contribution in [-0.4, -0.2) is 51.9 Å². The van der Waals surface area contributed by atoms with E-state index in [1.54, 1.807) is 7.05 Å². The largest absolute Gasteiger partial charge is 0.356 e. The van der Waals surface area contributed by atoms with Gasteiger partial charge in [0.25, 0.3) is 0 Å². The predicted octanol–water partition coefficient (Wildman–Crippen LogP) is -0.408. The number of guanidine groups is 1. The van der Waals surface area contributed by atoms with E-state index in [9.17, 15) is 8.42 Å². The summed E-state index contributed by atoms with van der Waals surface area (Å²) in [5.74, 6) is 0.719. The van der Waals surface area contributed by atoms with Crippen LogP contribution in [0.3, 0.4) is 0 Å². The van der Waals surface area contributed by atoms with Gasteiger partial charge in [0.05, 0.1) is 6.26 Å². The smallest absolute Gasteiger partial charge is 0.208 e. The first-order chi connectivity index (χ1) is 9.51. The molecule has 0 fully saturated rings. The molecular weight excluding hydrogens is 278 g/mol. The van der Waals surface area contributed by atoms with E-state index in [1.165, 1.54) is 0 Å². The molecule has 3 N–H and O–H groups in total. The van der Waals surface area contributed by atoms with Gasteiger partial charge >= 0.3 is 0 Å². The minimum Gasteiger partial charge on any atom is -0.356 e. The van der Waals surface area contributed by atoms with Gasteiger partial charge in [-0.15, -0.1) is 0 Å². The molecule has 1 rings (SSSR count). The number of aliphatic imine (C=N–C) groups is 1. The molecule has 114 valence electrons. The van der Waals surface area contributed by atoms with Crippen molar-refractivity contribution in [1.29, 1.82) is 0 Å². The van der Waals surface area contributed by atoms with E-state index in [-0.39, 0.29) is 0 Å². The van der Waals surface area contributed by atoms with Crippen LogP contribution in [0, 0.1) is 0 Å². The molecular formula is C12H23N5O2S. The van der Waals surface area contributed by atoms with Gasteiger partial charge in [0, 0.05) is 45.6 Å². The molecule has 0 aliphatic heterocycles. The van der Waals surface area contributed by atoms with Gasteiger partial charge in [-0.1, -0.05) is 0 Å². The normalized spacial score (nSPS) is 12.4. The van der Waals surface area contributed by atoms with Crippen molar-refractivity contribution in [3.8, 4) is 0 Å². The summed E-state index contributed by atoms with van der Waals surface area (Å²) in [6, 6.07) is 3.98. The Labute approximate surface area is 120 Å². The lowest BCUT2D eigenvalue weighted by Crippen LogP contribution is -2.40. The van der Waals surface area contributed by atoms with Gasteiger partial charge in [0.15, 0.2) is 5.96 Å². The lowest BCUT2D eigenvalue weighted by molar-refractivity contribution is 0.584. The highest BCUT2D eigenvalue weighted by Crippen LogP contribution is 1.88. The average Bonchev–Trinajstić information content (AvgIpc) is 2.88. The van der Waals surface area contributed by atoms with Crippen molar-refractivity contribution >= 4 is 16.0 Å². The summed E-state index contributed by atoms with van der Waals surface area (Å²) in [5, 5.41) is 6.32. The van der Waals surface area contributed by atoms with E-state index in [4.69, 9.17) is 0 Å². The fourth-order valence-electron chi connectivity index (χ4n) is 1.60. The third-order valence-corrected chi connectivity index (χ3v) is 3.29. The Balaban J connectivity index is 2.11. The maximum atomic E-state index is 10.9. The molecule has 1 aromatic heterocycles. The van der Waals surface area contributed by atoms with Crippen LogP contribution in [0.15, 0.2) is 29.5 Å². The zero-order valence-electron chi connectivity index (χ0n) is 12.0. The zero-order chi connectivity index (χ0) is 14.8. The van der Waals surface area contributed by atoms with Crippen LogP contribution in [0.4, 0.5) is 0 Å². The predicted molar refractivity (Wildman–Crippen MR) is 81.3 cm³/mol. The lowest BCUT2D eigenvalue weighted by atomic mass is 10.4. The Morgan fingerprint density at radius 1 is 1.15 bits per heavy atom. The minimum atomic E-state index is -3.10. The van der Waals surface area contributed by atoms with Crippen LogP contribution in [0.5, 0.6) is 0 Å². The molecule has 0 amide bonds. The molecule has 1 heterocycles. The minimum absolute atomic E-state index is 0.423. The highest BCUT2D eigenvalue weighted by molar-refractivity contribution is 7.88. The number of sulfonamides is 1. The summed E-state index contributed by atoms with van der Waals surface area (Å²) >= 11 is 0. The third-order valence-electron chi connectivity index (χ3n) is 2.56. The molecule has 1 aromatic rings. The number of hydrogen-bond acceptors (Lipinski definition) is 3. The number of aromatic nitrogens is 1. The van der Waals surface area contributed by atoms with E-state index in [0.717, 1.165) is 25.3 Å². The average molecular weight is 301 g/mol. The molecule has 0 radical (unpaired) electrons. The van der Waals surface area contributed by atoms with Crippen LogP contribution in [-0.2, 0) is 16.6 Å². The van der Waals surface area contributed by atoms with Crippen LogP contribution < -0.4 is 15.4 Å². The molecule has 7 nitrogen and oxygen atoms in total. The standard InChI is InChI=1S/C12H23N5O2S/c1-13-12(14-6-5-7-16-20(2,18)19)15-8-11-17-9-3-4-10-17/h3-4,9-10,16H,5-8,11H2,1-2H3,(H2,13,14,15). The van der Waals surface area contributed by atoms with Gasteiger partial charge in [-0.25, -0.2) is 13.1 Å². The summed E-state index contributed by atoms with van der Waals surface area (Å²) in [5.41, 5.74) is 0. The summed E-state index contributed by atoms with van der Waals surface area (Å²) < 4.78 is 26.3. The Bertz CT molecular complexity index is 496. The SMILES string of the molecule is CN=C(NCCCNS(C)(=O)=O)NCCn1cccc1. The summed E-state index contributed by atoms with van der Waals surface area (Å²) in [7, 11) is -1.39. The summed E-state index contributed by atoms with van der Waals surface area (Å²) in [4.78, 5) is 4.10. The lowest BCUT2D eigenvalue weighted by Gasteiger charge is -2.12. The van der Waals surface area contributed by atoms with E-state index >= 15 is 0 Å². The number of nitrogens with zero attached hydrogens (tertiary/aromatic N) is 2. The quantitative estimate of drug-likeness (QED) is 0.346. The summed E-state index contributed by atoms with van der Waals surface area (Å²) in [6.07, 6.45) is 5.87. The molecule has 8 heteroatoms. The first-order valence-corrected chi connectivity index (χ1v) is 8.40. The zero-order valence-corrected chi connectivity index (χ0v) is 12.8. The first kappa shape index (κ1) is 16.5. The van der Waals surface area contributed by atoms with Gasteiger partial charge in [-0.2, -0.15) is 0 Å². The molecule has 0 saturated carbocycles. The van der Waals surface area contributed by atoms with Crippen LogP contribution >= 0.6 is 0 Å². The molecule has 0 saturated heterocycles. The molecule has 0 unspecified atom stereocenters. The van der Waals surface area contributed by atoms with E-state index in [0.29, 0.717) is 19.5 Å². The molecule has 0 aliphatic carbocycles. The molecule has 0 atom stereocenters. The number of hydrogen-bond donors (Lipinski definition) is 3. The van der Waals surface area contributed by atoms with Crippen molar-refractivity contribution < 1.29 is 8.42 Å². The summed E-state index contributed by atoms with van der Waals surface area (Å²) in [6.45, 7) is 2.72. The second kappa shape index (κ2) is 8.60. The Morgan fingerprint density at radius 2 is 1.80 bits per heavy atom. The maximum Gasteiger partial charge on any atom is 0.208 e. The third kappa shape index (κ3) is 7.80. The maximum absolute atomic E-state index is 10.9. The van der Waals surface area contributed by atoms with E-state index in [2.05, 4.69) is 24.9 Å². The van der Waals surface area contributed by atoms with Crippen molar-refractivity contribution in [2.45, 2.75) is 13.0 Å². The number of rotatable bonds is 8. The monoisotopic (exact) mass is 301 g/mol. The highest BCUT2D eigenvalue weighted by atomic mass is 32.2. The van der Waals surface area contributed by atoms with E-state index in [1.807, 2.05) is 24.5 Å². The van der Waals surface area contributed by atoms with Crippen molar-refractivity contribution in [3.05, 3.63) is 24.5 Å². The van der Waals surface area contributed by atoms with Crippen molar-refractivity contribution in [2.24, 2.45) is 4.99 Å². The van der Waals surface area contributed by atoms with Crippen molar-refractivity contribution in [1.82, 2.24) is 19.9 Å². The molecule has 0 bridgehead atoms. The molecule has 20 heavy (non-hydrogen) atoms. The van der Waals surface area contributed by atoms with Gasteiger partial charge in [-0.3, -0.25) is 4.99 Å². The van der Waals surface area contributed by atoms with Crippen LogP contribution in [0.25, 0.3) is 0 Å². The van der Waals surface area contributed by atoms with E-state index < -0.39 is 10.0 Å². The second-order valence-corrected chi connectivity index (χ2v) is 6.20. The Kier molecular flexibility index (Phi) is 7.10. The van der Waals surface area contributed by atoms with Crippen LogP contribution in [0.2, 0.25) is 0 Å². The highest BCUT2D eigenvalue weighted by Gasteiger charge is 2.00. The van der Waals surface area contributed by atoms with Gasteiger partial charge < -0.3 is 15.2 Å². The van der Waals surface area contributed by atoms with Crippen molar-refractivity contribution in [2.75, 3.05) is 32.9 Å². The number of nitrogens with one attached hydrogen (secondary N) is 3. The van der Waals surface area contributed by atoms with Crippen LogP contribution in [0.1, 0.15) is 6.42 Å². The first-order valence-electron chi connectivity index (χ1n) is 6.51. The fraction of sp³-hybridized carbons (Fsp3) is 0.583. The van der Waals surface area contributed by atoms with Gasteiger partial charge in [0.1, 0.15) is 0 Å². The molecule has 0 aromatic carbocycles. The Morgan fingerprint density at radius 3 is 2.40 bits per heavy atom. The fourth-order valence-corrected chi connectivity index (χ4v) is 2.11. The van der Waals surface area contributed by atoms with Gasteiger partial charge in [0.2, 0.25) is 10.0 Å². The second-order valence-electron chi connectivity index (χ2n) is 4.37. The van der Waals surface area contributed by atoms with Gasteiger partial charge in [-0.05, 0) is 18.6 Å².